The van der Waals surface area contributed by atoms with E-state index >= 15 is 0 Å². The minimum atomic E-state index is -2.63. The van der Waals surface area contributed by atoms with Crippen molar-refractivity contribution in [2.75, 3.05) is 24.3 Å². The van der Waals surface area contributed by atoms with Gasteiger partial charge in [-0.15, -0.1) is 0 Å². The molecule has 2 aromatic rings. The molecule has 214 valence electrons. The molecule has 41 heavy (non-hydrogen) atoms. The van der Waals surface area contributed by atoms with Crippen LogP contribution in [0.25, 0.3) is 5.76 Å². The molecular weight excluding hydrogens is 530 g/mol. The van der Waals surface area contributed by atoms with Gasteiger partial charge >= 0.3 is 0 Å². The van der Waals surface area contributed by atoms with E-state index < -0.39 is 57.8 Å². The van der Waals surface area contributed by atoms with Crippen molar-refractivity contribution in [3.63, 3.8) is 0 Å². The van der Waals surface area contributed by atoms with Gasteiger partial charge in [-0.1, -0.05) is 30.3 Å². The molecule has 0 unspecified atom stereocenters. The Hall–Kier alpha value is -4.84. The van der Waals surface area contributed by atoms with Gasteiger partial charge in [-0.25, -0.2) is 4.99 Å². The molecule has 3 aliphatic carbocycles. The van der Waals surface area contributed by atoms with Crippen LogP contribution in [0.15, 0.2) is 58.3 Å². The Balaban J connectivity index is 1.60. The van der Waals surface area contributed by atoms with Gasteiger partial charge in [0.25, 0.3) is 5.91 Å². The number of primary amides is 1. The van der Waals surface area contributed by atoms with Crippen molar-refractivity contribution in [3.05, 3.63) is 70.0 Å². The van der Waals surface area contributed by atoms with E-state index in [-0.39, 0.29) is 48.6 Å². The number of guanidine groups is 1. The Morgan fingerprint density at radius 1 is 1.12 bits per heavy atom. The molecule has 2 aromatic carbocycles. The number of fused-ring (bicyclic) bond motifs is 3. The Kier molecular flexibility index (Phi) is 6.74. The largest absolute Gasteiger partial charge is 0.508 e. The van der Waals surface area contributed by atoms with E-state index in [0.29, 0.717) is 11.3 Å². The highest BCUT2D eigenvalue weighted by atomic mass is 16.3. The van der Waals surface area contributed by atoms with Crippen molar-refractivity contribution in [3.8, 4) is 5.75 Å². The molecule has 12 nitrogen and oxygen atoms in total. The van der Waals surface area contributed by atoms with E-state index in [1.165, 1.54) is 0 Å². The number of ketones is 2. The lowest BCUT2D eigenvalue weighted by molar-refractivity contribution is -0.147. The molecule has 12 heteroatoms. The van der Waals surface area contributed by atoms with Gasteiger partial charge in [0, 0.05) is 37.7 Å². The molecule has 0 aromatic heterocycles. The summed E-state index contributed by atoms with van der Waals surface area (Å²) in [5.41, 5.74) is 9.83. The first-order valence-electron chi connectivity index (χ1n) is 13.0. The third kappa shape index (κ3) is 4.36. The fraction of sp³-hybridized carbons (Fsp3) is 0.310. The number of aliphatic hydroxyl groups is 3. The van der Waals surface area contributed by atoms with Gasteiger partial charge in [-0.2, -0.15) is 0 Å². The second kappa shape index (κ2) is 9.97. The molecule has 3 aliphatic rings. The fourth-order valence-corrected chi connectivity index (χ4v) is 6.10. The number of nitrogens with two attached hydrogens (primary N) is 2. The van der Waals surface area contributed by atoms with Gasteiger partial charge in [0.2, 0.25) is 5.78 Å². The van der Waals surface area contributed by atoms with Crippen molar-refractivity contribution >= 4 is 40.6 Å². The monoisotopic (exact) mass is 561 g/mol. The number of carbonyl (C=O) groups is 3. The van der Waals surface area contributed by atoms with Gasteiger partial charge in [-0.05, 0) is 36.0 Å². The Morgan fingerprint density at radius 2 is 1.80 bits per heavy atom. The van der Waals surface area contributed by atoms with Crippen molar-refractivity contribution in [1.82, 2.24) is 0 Å². The molecule has 1 fully saturated rings. The van der Waals surface area contributed by atoms with E-state index in [9.17, 15) is 34.8 Å². The number of hydrogen-bond acceptors (Lipinski definition) is 9. The average molecular weight is 562 g/mol. The van der Waals surface area contributed by atoms with E-state index in [1.54, 1.807) is 25.1 Å². The summed E-state index contributed by atoms with van der Waals surface area (Å²) >= 11 is 0. The molecule has 0 spiro atoms. The van der Waals surface area contributed by atoms with Crippen LogP contribution in [0, 0.1) is 11.8 Å². The molecule has 1 saturated carbocycles. The third-order valence-corrected chi connectivity index (χ3v) is 8.06. The van der Waals surface area contributed by atoms with Crippen LogP contribution in [-0.4, -0.2) is 63.6 Å². The van der Waals surface area contributed by atoms with Crippen LogP contribution in [0.1, 0.15) is 29.5 Å². The minimum Gasteiger partial charge on any atom is -0.508 e. The second-order valence-corrected chi connectivity index (χ2v) is 10.8. The van der Waals surface area contributed by atoms with E-state index in [0.717, 1.165) is 5.56 Å². The van der Waals surface area contributed by atoms with Crippen molar-refractivity contribution < 1.29 is 34.8 Å². The van der Waals surface area contributed by atoms with Gasteiger partial charge < -0.3 is 42.1 Å². The van der Waals surface area contributed by atoms with Crippen molar-refractivity contribution in [1.29, 1.82) is 0 Å². The molecule has 5 rings (SSSR count). The minimum absolute atomic E-state index is 0.00134. The molecular formula is C29H31N5O7. The maximum atomic E-state index is 13.8. The summed E-state index contributed by atoms with van der Waals surface area (Å²) in [6, 6.07) is 11.1. The number of aliphatic imine (C=N–C) groups is 1. The Morgan fingerprint density at radius 3 is 2.44 bits per heavy atom. The highest BCUT2D eigenvalue weighted by molar-refractivity contribution is 6.22. The number of nitrogens with one attached hydrogen (secondary N) is 1. The number of aromatic hydroxyl groups is 1. The Labute approximate surface area is 235 Å². The first kappa shape index (κ1) is 27.7. The molecule has 0 heterocycles. The van der Waals surface area contributed by atoms with Gasteiger partial charge in [0.1, 0.15) is 22.8 Å². The number of benzene rings is 2. The van der Waals surface area contributed by atoms with Crippen molar-refractivity contribution in [2.45, 2.75) is 31.4 Å². The summed E-state index contributed by atoms with van der Waals surface area (Å²) in [6.45, 7) is 0.282. The SMILES string of the molecule is CN(C)c1cc(NC(N)=NCc2ccccc2)c(O)c2c1C[C@H]1C[C@H]3CC(=O)C(C(N)=O)=C(O)[C@@]3(O)C(=O)C1=C2O. The van der Waals surface area contributed by atoms with Crippen LogP contribution < -0.4 is 21.7 Å². The number of phenolic OH excluding ortho intramolecular Hbond substituents is 1. The molecule has 0 saturated heterocycles. The first-order valence-corrected chi connectivity index (χ1v) is 13.0. The van der Waals surface area contributed by atoms with Crippen LogP contribution in [0.3, 0.4) is 0 Å². The molecule has 0 bridgehead atoms. The number of hydrogen-bond donors (Lipinski definition) is 7. The van der Waals surface area contributed by atoms with Gasteiger partial charge in [0.15, 0.2) is 17.3 Å². The van der Waals surface area contributed by atoms with E-state index in [2.05, 4.69) is 10.3 Å². The topological polar surface area (TPSA) is 212 Å². The average Bonchev–Trinajstić information content (AvgIpc) is 2.91. The molecule has 1 amide bonds. The number of carbonyl (C=O) groups excluding carboxylic acids is 3. The number of Topliss-reactive ketones (excluding diaryl/α,β-unsaturated/α-hetero) is 2. The lowest BCUT2D eigenvalue weighted by Gasteiger charge is -2.46. The number of anilines is 2. The molecule has 0 aliphatic heterocycles. The normalized spacial score (nSPS) is 24.0. The summed E-state index contributed by atoms with van der Waals surface area (Å²) in [5, 5.41) is 47.8. The number of rotatable bonds is 5. The zero-order valence-electron chi connectivity index (χ0n) is 22.5. The maximum absolute atomic E-state index is 13.8. The predicted molar refractivity (Wildman–Crippen MR) is 151 cm³/mol. The number of phenols is 1. The van der Waals surface area contributed by atoms with Gasteiger partial charge in [-0.3, -0.25) is 14.4 Å². The third-order valence-electron chi connectivity index (χ3n) is 8.06. The number of aliphatic hydroxyl groups excluding tert-OH is 2. The standard InChI is InChI=1S/C29H31N5O7/c1-34(2)18-11-17(33-28(31)32-12-13-6-4-3-5-7-13)23(36)21-16(18)9-14-8-15-10-19(35)22(27(30)40)26(39)29(15,41)25(38)20(14)24(21)37/h3-7,11,14-15,36-37,39,41H,8-10,12H2,1-2H3,(H2,30,40)(H3,31,32,33)/t14-,15+,29+/m1/s1. The first-order chi connectivity index (χ1) is 19.4. The van der Waals surface area contributed by atoms with Gasteiger partial charge in [0.05, 0.1) is 17.8 Å². The van der Waals surface area contributed by atoms with Crippen LogP contribution >= 0.6 is 0 Å². The second-order valence-electron chi connectivity index (χ2n) is 10.8. The maximum Gasteiger partial charge on any atom is 0.255 e. The number of amides is 1. The quantitative estimate of drug-likeness (QED) is 0.121. The molecule has 0 radical (unpaired) electrons. The summed E-state index contributed by atoms with van der Waals surface area (Å²) in [5.74, 6) is -6.85. The highest BCUT2D eigenvalue weighted by Gasteiger charge is 2.60. The van der Waals surface area contributed by atoms with E-state index in [1.807, 2.05) is 30.3 Å². The summed E-state index contributed by atoms with van der Waals surface area (Å²) in [4.78, 5) is 44.2. The van der Waals surface area contributed by atoms with Crippen LogP contribution in [0.2, 0.25) is 0 Å². The lowest BCUT2D eigenvalue weighted by Crippen LogP contribution is -2.58. The smallest absolute Gasteiger partial charge is 0.255 e. The van der Waals surface area contributed by atoms with Crippen LogP contribution in [0.5, 0.6) is 5.75 Å². The van der Waals surface area contributed by atoms with Crippen molar-refractivity contribution in [2.24, 2.45) is 28.3 Å². The summed E-state index contributed by atoms with van der Waals surface area (Å²) < 4.78 is 0. The number of nitrogens with zero attached hydrogens (tertiary/aromatic N) is 2. The van der Waals surface area contributed by atoms with E-state index in [4.69, 9.17) is 11.5 Å². The lowest BCUT2D eigenvalue weighted by atomic mass is 9.59. The molecule has 9 N–H and O–H groups in total. The highest BCUT2D eigenvalue weighted by Crippen LogP contribution is 2.54. The van der Waals surface area contributed by atoms with Crippen LogP contribution in [-0.2, 0) is 27.3 Å². The zero-order valence-corrected chi connectivity index (χ0v) is 22.5. The molecule has 3 atom stereocenters. The fourth-order valence-electron chi connectivity index (χ4n) is 6.10. The predicted octanol–water partition coefficient (Wildman–Crippen LogP) is 1.42. The summed E-state index contributed by atoms with van der Waals surface area (Å²) in [6.07, 6.45) is -0.138. The summed E-state index contributed by atoms with van der Waals surface area (Å²) in [7, 11) is 3.55. The van der Waals surface area contributed by atoms with Crippen LogP contribution in [0.4, 0.5) is 11.4 Å². The zero-order chi connectivity index (χ0) is 29.8. The Bertz CT molecular complexity index is 1580.